The number of aryl methyl sites for hydroxylation is 1. The van der Waals surface area contributed by atoms with E-state index in [9.17, 15) is 0 Å². The van der Waals surface area contributed by atoms with Gasteiger partial charge in [0.1, 0.15) is 0 Å². The van der Waals surface area contributed by atoms with Crippen molar-refractivity contribution in [2.45, 2.75) is 6.92 Å². The first-order chi connectivity index (χ1) is 27.7. The molecular weight excluding hydrogens is 693 g/mol. The maximum Gasteiger partial charge on any atom is 0.0434 e. The molecule has 0 saturated carbocycles. The smallest absolute Gasteiger partial charge is 0.0434 e. The summed E-state index contributed by atoms with van der Waals surface area (Å²) in [6, 6.07) is 70.3. The molecular formula is C55H34S. The Morgan fingerprint density at radius 1 is 0.321 bits per heavy atom. The van der Waals surface area contributed by atoms with Crippen LogP contribution in [0.5, 0.6) is 0 Å². The highest BCUT2D eigenvalue weighted by Gasteiger charge is 2.31. The van der Waals surface area contributed by atoms with Crippen LogP contribution >= 0.6 is 11.3 Å². The fourth-order valence-corrected chi connectivity index (χ4v) is 10.7. The molecule has 1 heterocycles. The molecule has 1 aliphatic rings. The largest absolute Gasteiger partial charge is 0.135 e. The minimum atomic E-state index is 1.24. The lowest BCUT2D eigenvalue weighted by molar-refractivity contribution is 1.47. The molecule has 0 unspecified atom stereocenters. The molecule has 11 aromatic rings. The maximum atomic E-state index is 2.45. The van der Waals surface area contributed by atoms with Crippen LogP contribution in [-0.4, -0.2) is 0 Å². The summed E-state index contributed by atoms with van der Waals surface area (Å²) in [6.45, 7) is 2.17. The van der Waals surface area contributed by atoms with Gasteiger partial charge >= 0.3 is 0 Å². The molecule has 0 fully saturated rings. The van der Waals surface area contributed by atoms with Gasteiger partial charge in [0, 0.05) is 25.7 Å². The van der Waals surface area contributed by atoms with Crippen LogP contribution in [0.15, 0.2) is 188 Å². The molecule has 0 bridgehead atoms. The van der Waals surface area contributed by atoms with Crippen LogP contribution in [0, 0.1) is 6.92 Å². The molecule has 12 rings (SSSR count). The number of fused-ring (bicyclic) bond motifs is 8. The van der Waals surface area contributed by atoms with Crippen LogP contribution in [0.2, 0.25) is 0 Å². The molecule has 0 amide bonds. The third-order valence-corrected chi connectivity index (χ3v) is 13.3. The Kier molecular flexibility index (Phi) is 6.82. The molecule has 56 heavy (non-hydrogen) atoms. The van der Waals surface area contributed by atoms with Crippen LogP contribution in [-0.2, 0) is 0 Å². The number of benzene rings is 10. The van der Waals surface area contributed by atoms with Crippen molar-refractivity contribution in [1.29, 1.82) is 0 Å². The van der Waals surface area contributed by atoms with E-state index in [1.807, 2.05) is 11.3 Å². The third kappa shape index (κ3) is 4.59. The fourth-order valence-electron chi connectivity index (χ4n) is 9.52. The van der Waals surface area contributed by atoms with Gasteiger partial charge in [-0.3, -0.25) is 0 Å². The Hall–Kier alpha value is -6.80. The summed E-state index contributed by atoms with van der Waals surface area (Å²) in [6.07, 6.45) is 0. The maximum absolute atomic E-state index is 2.45. The zero-order chi connectivity index (χ0) is 36.9. The van der Waals surface area contributed by atoms with Crippen molar-refractivity contribution in [3.8, 4) is 66.8 Å². The lowest BCUT2D eigenvalue weighted by Gasteiger charge is -2.20. The third-order valence-electron chi connectivity index (χ3n) is 12.0. The summed E-state index contributed by atoms with van der Waals surface area (Å²) in [5.74, 6) is 0. The highest BCUT2D eigenvalue weighted by Crippen LogP contribution is 2.59. The Balaban J connectivity index is 1.19. The van der Waals surface area contributed by atoms with Crippen molar-refractivity contribution in [3.05, 3.63) is 194 Å². The summed E-state index contributed by atoms with van der Waals surface area (Å²) in [5.41, 5.74) is 16.7. The Morgan fingerprint density at radius 2 is 0.929 bits per heavy atom. The fraction of sp³-hybridized carbons (Fsp3) is 0.0182. The normalized spacial score (nSPS) is 12.0. The van der Waals surface area contributed by atoms with Crippen LogP contribution in [0.4, 0.5) is 0 Å². The summed E-state index contributed by atoms with van der Waals surface area (Å²) < 4.78 is 2.66. The van der Waals surface area contributed by atoms with Gasteiger partial charge in [-0.25, -0.2) is 0 Å². The molecule has 0 atom stereocenters. The van der Waals surface area contributed by atoms with E-state index in [0.29, 0.717) is 0 Å². The number of rotatable bonds is 4. The molecule has 0 nitrogen and oxygen atoms in total. The van der Waals surface area contributed by atoms with Crippen molar-refractivity contribution in [3.63, 3.8) is 0 Å². The standard InChI is InChI=1S/C55H34S/c1-33-22-24-36(25-23-33)51-44-18-8-7-17-43(44)50(35-13-3-2-4-14-35)53-45-20-11-19-42-40(28-29-46(52(42)45)54(51)53)47-31-39(38-27-26-34-12-5-6-15-37(34)30-38)32-48-41-16-9-10-21-49(41)56-55(47)48/h2-32H,1H3. The molecule has 0 spiro atoms. The lowest BCUT2D eigenvalue weighted by atomic mass is 9.82. The van der Waals surface area contributed by atoms with E-state index >= 15 is 0 Å². The highest BCUT2D eigenvalue weighted by atomic mass is 32.1. The monoisotopic (exact) mass is 726 g/mol. The van der Waals surface area contributed by atoms with E-state index < -0.39 is 0 Å². The average molecular weight is 727 g/mol. The molecule has 10 aromatic carbocycles. The van der Waals surface area contributed by atoms with Gasteiger partial charge in [0.2, 0.25) is 0 Å². The molecule has 0 saturated heterocycles. The van der Waals surface area contributed by atoms with Gasteiger partial charge in [-0.2, -0.15) is 0 Å². The minimum absolute atomic E-state index is 1.24. The summed E-state index contributed by atoms with van der Waals surface area (Å²) >= 11 is 1.91. The van der Waals surface area contributed by atoms with Gasteiger partial charge in [-0.15, -0.1) is 11.3 Å². The van der Waals surface area contributed by atoms with Gasteiger partial charge in [-0.05, 0) is 125 Å². The van der Waals surface area contributed by atoms with Crippen molar-refractivity contribution in [1.82, 2.24) is 0 Å². The summed E-state index contributed by atoms with van der Waals surface area (Å²) in [7, 11) is 0. The van der Waals surface area contributed by atoms with E-state index in [4.69, 9.17) is 0 Å². The Bertz CT molecular complexity index is 3400. The summed E-state index contributed by atoms with van der Waals surface area (Å²) in [5, 5.41) is 10.4. The number of hydrogen-bond donors (Lipinski definition) is 0. The van der Waals surface area contributed by atoms with E-state index in [1.165, 1.54) is 125 Å². The summed E-state index contributed by atoms with van der Waals surface area (Å²) in [4.78, 5) is 0. The second-order valence-electron chi connectivity index (χ2n) is 15.2. The molecule has 1 aromatic heterocycles. The van der Waals surface area contributed by atoms with E-state index in [1.54, 1.807) is 0 Å². The molecule has 0 aliphatic heterocycles. The van der Waals surface area contributed by atoms with Crippen molar-refractivity contribution < 1.29 is 0 Å². The van der Waals surface area contributed by atoms with Gasteiger partial charge in [0.15, 0.2) is 0 Å². The first kappa shape index (κ1) is 31.5. The van der Waals surface area contributed by atoms with Gasteiger partial charge < -0.3 is 0 Å². The molecule has 260 valence electrons. The van der Waals surface area contributed by atoms with Crippen LogP contribution in [0.1, 0.15) is 5.56 Å². The van der Waals surface area contributed by atoms with Gasteiger partial charge in [0.05, 0.1) is 0 Å². The van der Waals surface area contributed by atoms with E-state index in [2.05, 4.69) is 195 Å². The quantitative estimate of drug-likeness (QED) is 0.169. The predicted molar refractivity (Wildman–Crippen MR) is 243 cm³/mol. The highest BCUT2D eigenvalue weighted by molar-refractivity contribution is 7.26. The van der Waals surface area contributed by atoms with Crippen LogP contribution < -0.4 is 0 Å². The number of thiophene rings is 1. The van der Waals surface area contributed by atoms with Crippen molar-refractivity contribution in [2.24, 2.45) is 0 Å². The van der Waals surface area contributed by atoms with Crippen molar-refractivity contribution >= 4 is 63.8 Å². The van der Waals surface area contributed by atoms with Crippen LogP contribution in [0.3, 0.4) is 0 Å². The van der Waals surface area contributed by atoms with Gasteiger partial charge in [-0.1, -0.05) is 169 Å². The Morgan fingerprint density at radius 3 is 1.71 bits per heavy atom. The Labute approximate surface area is 329 Å². The van der Waals surface area contributed by atoms with E-state index in [0.717, 1.165) is 0 Å². The zero-order valence-corrected chi connectivity index (χ0v) is 31.6. The molecule has 1 aliphatic carbocycles. The lowest BCUT2D eigenvalue weighted by Crippen LogP contribution is -1.93. The molecule has 1 heteroatoms. The minimum Gasteiger partial charge on any atom is -0.135 e. The molecule has 0 radical (unpaired) electrons. The SMILES string of the molecule is Cc1ccc(-c2c3c(c(-c4ccccc4)c4ccccc24)-c2cccc4c(-c5cc(-c6ccc7ccccc7c6)cc6c5sc5ccccc56)ccc-3c24)cc1. The zero-order valence-electron chi connectivity index (χ0n) is 30.8. The first-order valence-corrected chi connectivity index (χ1v) is 20.2. The average Bonchev–Trinajstić information content (AvgIpc) is 3.80. The number of hydrogen-bond acceptors (Lipinski definition) is 1. The topological polar surface area (TPSA) is 0 Å². The second kappa shape index (κ2) is 12.1. The first-order valence-electron chi connectivity index (χ1n) is 19.4. The van der Waals surface area contributed by atoms with E-state index in [-0.39, 0.29) is 0 Å². The van der Waals surface area contributed by atoms with Crippen molar-refractivity contribution in [2.75, 3.05) is 0 Å². The predicted octanol–water partition coefficient (Wildman–Crippen LogP) is 16.1. The molecule has 0 N–H and O–H groups in total. The second-order valence-corrected chi connectivity index (χ2v) is 16.3. The van der Waals surface area contributed by atoms with Crippen LogP contribution in [0.25, 0.3) is 119 Å². The van der Waals surface area contributed by atoms with Gasteiger partial charge in [0.25, 0.3) is 0 Å².